The van der Waals surface area contributed by atoms with Gasteiger partial charge in [0, 0.05) is 5.56 Å². The molecule has 1 aliphatic rings. The van der Waals surface area contributed by atoms with Crippen molar-refractivity contribution in [3.63, 3.8) is 0 Å². The van der Waals surface area contributed by atoms with E-state index >= 15 is 0 Å². The summed E-state index contributed by atoms with van der Waals surface area (Å²) in [4.78, 5) is 3.14. The van der Waals surface area contributed by atoms with E-state index in [0.29, 0.717) is 11.5 Å². The van der Waals surface area contributed by atoms with Crippen LogP contribution in [0.25, 0.3) is 0 Å². The lowest BCUT2D eigenvalue weighted by atomic mass is 10.1. The van der Waals surface area contributed by atoms with Gasteiger partial charge in [-0.05, 0) is 24.3 Å². The predicted molar refractivity (Wildman–Crippen MR) is 106 cm³/mol. The van der Waals surface area contributed by atoms with E-state index in [0.717, 1.165) is 56.1 Å². The summed E-state index contributed by atoms with van der Waals surface area (Å²) < 4.78 is 16.5. The van der Waals surface area contributed by atoms with E-state index in [1.165, 1.54) is 5.56 Å². The summed E-state index contributed by atoms with van der Waals surface area (Å²) in [7, 11) is 4.95. The molecule has 0 saturated carbocycles. The molecule has 0 spiro atoms. The molecule has 0 radical (unpaired) electrons. The molecule has 148 valence electrons. The predicted octanol–water partition coefficient (Wildman–Crippen LogP) is 0.0677. The van der Waals surface area contributed by atoms with Crippen LogP contribution in [0.5, 0.6) is 17.2 Å². The molecule has 0 amide bonds. The van der Waals surface area contributed by atoms with Crippen molar-refractivity contribution in [2.75, 3.05) is 47.5 Å². The van der Waals surface area contributed by atoms with Crippen LogP contribution in [0, 0.1) is 11.3 Å². The van der Waals surface area contributed by atoms with Crippen LogP contribution in [0.2, 0.25) is 0 Å². The number of rotatable bonds is 7. The molecule has 2 N–H and O–H groups in total. The Morgan fingerprint density at radius 3 is 1.93 bits per heavy atom. The fourth-order valence-electron chi connectivity index (χ4n) is 3.87. The normalized spacial score (nSPS) is 18.9. The topological polar surface area (TPSA) is 60.4 Å². The van der Waals surface area contributed by atoms with Crippen molar-refractivity contribution in [3.8, 4) is 23.3 Å². The maximum atomic E-state index is 8.92. The van der Waals surface area contributed by atoms with Gasteiger partial charge in [-0.15, -0.1) is 0 Å². The van der Waals surface area contributed by atoms with Crippen molar-refractivity contribution in [1.29, 1.82) is 5.26 Å². The molecular formula is C22H29N3O3+2. The summed E-state index contributed by atoms with van der Waals surface area (Å²) in [5.41, 5.74) is 3.15. The zero-order chi connectivity index (χ0) is 19.9. The van der Waals surface area contributed by atoms with Gasteiger partial charge in [0.25, 0.3) is 0 Å². The Morgan fingerprint density at radius 1 is 0.786 bits per heavy atom. The van der Waals surface area contributed by atoms with Crippen LogP contribution in [0.3, 0.4) is 0 Å². The first-order chi connectivity index (χ1) is 13.7. The molecule has 6 nitrogen and oxygen atoms in total. The second-order valence-electron chi connectivity index (χ2n) is 7.16. The standard InChI is InChI=1S/C22H27N3O3/c1-26-20-9-8-19(21(27-2)22(20)28-3)16-25-12-10-24(11-13-25)15-18-6-4-17(14-23)5-7-18/h4-9H,10-13,15-16H2,1-3H3/p+2. The SMILES string of the molecule is COc1ccc(C[NH+]2CC[NH+](Cc3ccc(C#N)cc3)CC2)c(OC)c1OC. The number of piperazine rings is 1. The monoisotopic (exact) mass is 383 g/mol. The van der Waals surface area contributed by atoms with Gasteiger partial charge in [-0.1, -0.05) is 12.1 Å². The minimum absolute atomic E-state index is 0.659. The molecule has 28 heavy (non-hydrogen) atoms. The Hall–Kier alpha value is -2.75. The number of nitrogens with zero attached hydrogens (tertiary/aromatic N) is 1. The molecule has 1 aliphatic heterocycles. The van der Waals surface area contributed by atoms with Crippen LogP contribution >= 0.6 is 0 Å². The number of quaternary nitrogens is 2. The fourth-order valence-corrected chi connectivity index (χ4v) is 3.87. The first-order valence-corrected chi connectivity index (χ1v) is 9.62. The fraction of sp³-hybridized carbons (Fsp3) is 0.409. The van der Waals surface area contributed by atoms with Crippen LogP contribution < -0.4 is 24.0 Å². The van der Waals surface area contributed by atoms with Crippen LogP contribution in [0.1, 0.15) is 16.7 Å². The second-order valence-corrected chi connectivity index (χ2v) is 7.16. The van der Waals surface area contributed by atoms with Crippen molar-refractivity contribution in [1.82, 2.24) is 0 Å². The van der Waals surface area contributed by atoms with Crippen LogP contribution in [-0.4, -0.2) is 47.5 Å². The van der Waals surface area contributed by atoms with E-state index in [2.05, 4.69) is 24.3 Å². The lowest BCUT2D eigenvalue weighted by molar-refractivity contribution is -1.02. The van der Waals surface area contributed by atoms with Gasteiger partial charge in [0.2, 0.25) is 5.75 Å². The Morgan fingerprint density at radius 2 is 1.39 bits per heavy atom. The summed E-state index contributed by atoms with van der Waals surface area (Å²) in [6, 6.07) is 14.1. The van der Waals surface area contributed by atoms with E-state index in [1.807, 2.05) is 18.2 Å². The lowest BCUT2D eigenvalue weighted by Crippen LogP contribution is -3.27. The number of nitrogens with one attached hydrogen (secondary N) is 2. The molecule has 0 atom stereocenters. The van der Waals surface area contributed by atoms with E-state index in [-0.39, 0.29) is 0 Å². The molecule has 0 aliphatic carbocycles. The van der Waals surface area contributed by atoms with Gasteiger partial charge in [-0.25, -0.2) is 0 Å². The molecule has 1 saturated heterocycles. The van der Waals surface area contributed by atoms with Crippen LogP contribution in [0.15, 0.2) is 36.4 Å². The van der Waals surface area contributed by atoms with Crippen molar-refractivity contribution in [3.05, 3.63) is 53.1 Å². The van der Waals surface area contributed by atoms with Crippen molar-refractivity contribution in [2.45, 2.75) is 13.1 Å². The van der Waals surface area contributed by atoms with E-state index in [9.17, 15) is 0 Å². The highest BCUT2D eigenvalue weighted by atomic mass is 16.5. The molecule has 1 heterocycles. The third kappa shape index (κ3) is 4.56. The zero-order valence-electron chi connectivity index (χ0n) is 16.9. The summed E-state index contributed by atoms with van der Waals surface area (Å²) >= 11 is 0. The average Bonchev–Trinajstić information content (AvgIpc) is 2.75. The average molecular weight is 383 g/mol. The molecular weight excluding hydrogens is 354 g/mol. The number of methoxy groups -OCH3 is 3. The first-order valence-electron chi connectivity index (χ1n) is 9.62. The van der Waals surface area contributed by atoms with Gasteiger partial charge in [0.05, 0.1) is 38.5 Å². The van der Waals surface area contributed by atoms with E-state index in [1.54, 1.807) is 31.1 Å². The number of hydrogen-bond acceptors (Lipinski definition) is 4. The van der Waals surface area contributed by atoms with Gasteiger partial charge in [0.15, 0.2) is 11.5 Å². The molecule has 2 aromatic carbocycles. The maximum Gasteiger partial charge on any atom is 0.203 e. The molecule has 6 heteroatoms. The largest absolute Gasteiger partial charge is 0.493 e. The highest BCUT2D eigenvalue weighted by Crippen LogP contribution is 2.39. The van der Waals surface area contributed by atoms with E-state index < -0.39 is 0 Å². The minimum Gasteiger partial charge on any atom is -0.493 e. The van der Waals surface area contributed by atoms with Crippen LogP contribution in [-0.2, 0) is 13.1 Å². The third-order valence-electron chi connectivity index (χ3n) is 5.43. The first kappa shape index (κ1) is 20.0. The second kappa shape index (κ2) is 9.45. The van der Waals surface area contributed by atoms with Crippen LogP contribution in [0.4, 0.5) is 0 Å². The summed E-state index contributed by atoms with van der Waals surface area (Å²) in [5.74, 6) is 2.11. The highest BCUT2D eigenvalue weighted by Gasteiger charge is 2.25. The van der Waals surface area contributed by atoms with Gasteiger partial charge in [0.1, 0.15) is 39.3 Å². The van der Waals surface area contributed by atoms with Crippen molar-refractivity contribution in [2.24, 2.45) is 0 Å². The van der Waals surface area contributed by atoms with Gasteiger partial charge >= 0.3 is 0 Å². The molecule has 0 bridgehead atoms. The third-order valence-corrected chi connectivity index (χ3v) is 5.43. The Balaban J connectivity index is 1.59. The Bertz CT molecular complexity index is 822. The quantitative estimate of drug-likeness (QED) is 0.710. The molecule has 1 fully saturated rings. The summed E-state index contributed by atoms with van der Waals surface area (Å²) in [6.45, 7) is 6.41. The highest BCUT2D eigenvalue weighted by molar-refractivity contribution is 5.55. The zero-order valence-corrected chi connectivity index (χ0v) is 16.9. The molecule has 2 aromatic rings. The van der Waals surface area contributed by atoms with Gasteiger partial charge in [-0.3, -0.25) is 0 Å². The molecule has 3 rings (SSSR count). The van der Waals surface area contributed by atoms with Gasteiger partial charge in [-0.2, -0.15) is 5.26 Å². The molecule has 0 aromatic heterocycles. The number of hydrogen-bond donors (Lipinski definition) is 2. The molecule has 0 unspecified atom stereocenters. The Kier molecular flexibility index (Phi) is 6.75. The van der Waals surface area contributed by atoms with E-state index in [4.69, 9.17) is 19.5 Å². The smallest absolute Gasteiger partial charge is 0.203 e. The van der Waals surface area contributed by atoms with Crippen molar-refractivity contribution < 1.29 is 24.0 Å². The summed E-state index contributed by atoms with van der Waals surface area (Å²) in [5, 5.41) is 8.92. The summed E-state index contributed by atoms with van der Waals surface area (Å²) in [6.07, 6.45) is 0. The number of nitriles is 1. The number of benzene rings is 2. The minimum atomic E-state index is 0.659. The Labute approximate surface area is 166 Å². The lowest BCUT2D eigenvalue weighted by Gasteiger charge is -2.30. The number of ether oxygens (including phenoxy) is 3. The maximum absolute atomic E-state index is 8.92. The van der Waals surface area contributed by atoms with Crippen molar-refractivity contribution >= 4 is 0 Å². The van der Waals surface area contributed by atoms with Gasteiger partial charge < -0.3 is 24.0 Å².